The van der Waals surface area contributed by atoms with E-state index in [1.54, 1.807) is 7.11 Å². The zero-order valence-corrected chi connectivity index (χ0v) is 18.2. The minimum atomic E-state index is 0.889. The number of ether oxygens (including phenoxy) is 1. The molecule has 1 aromatic carbocycles. The maximum atomic E-state index is 5.60. The van der Waals surface area contributed by atoms with Gasteiger partial charge in [-0.25, -0.2) is 0 Å². The Labute approximate surface area is 174 Å². The lowest BCUT2D eigenvalue weighted by Crippen LogP contribution is -2.31. The van der Waals surface area contributed by atoms with Crippen molar-refractivity contribution in [1.29, 1.82) is 0 Å². The Morgan fingerprint density at radius 1 is 1.00 bits per heavy atom. The second-order valence-corrected chi connectivity index (χ2v) is 7.78. The number of methoxy groups -OCH3 is 1. The molecule has 0 spiro atoms. The molecule has 29 heavy (non-hydrogen) atoms. The summed E-state index contributed by atoms with van der Waals surface area (Å²) < 4.78 is 7.89. The molecule has 0 aliphatic rings. The van der Waals surface area contributed by atoms with Crippen LogP contribution in [0.25, 0.3) is 5.69 Å². The lowest BCUT2D eigenvalue weighted by atomic mass is 10.2. The highest BCUT2D eigenvalue weighted by Gasteiger charge is 2.16. The van der Waals surface area contributed by atoms with Gasteiger partial charge in [-0.3, -0.25) is 9.88 Å². The predicted molar refractivity (Wildman–Crippen MR) is 119 cm³/mol. The molecule has 5 nitrogen and oxygen atoms in total. The number of likely N-dealkylation sites (N-methyl/N-ethyl adjacent to an activating group) is 1. The fourth-order valence-corrected chi connectivity index (χ4v) is 3.72. The Balaban J connectivity index is 1.88. The van der Waals surface area contributed by atoms with Crippen molar-refractivity contribution in [1.82, 2.24) is 19.4 Å². The lowest BCUT2D eigenvalue weighted by Gasteiger charge is -2.24. The molecule has 0 saturated carbocycles. The smallest absolute Gasteiger partial charge is 0.142 e. The van der Waals surface area contributed by atoms with Crippen molar-refractivity contribution in [2.24, 2.45) is 0 Å². The molecule has 0 aliphatic heterocycles. The average Bonchev–Trinajstić information content (AvgIpc) is 2.99. The molecule has 0 radical (unpaired) electrons. The van der Waals surface area contributed by atoms with Gasteiger partial charge < -0.3 is 14.2 Å². The number of benzene rings is 1. The van der Waals surface area contributed by atoms with E-state index >= 15 is 0 Å². The van der Waals surface area contributed by atoms with Crippen LogP contribution < -0.4 is 4.74 Å². The van der Waals surface area contributed by atoms with Crippen molar-refractivity contribution in [3.63, 3.8) is 0 Å². The Hall–Kier alpha value is -2.63. The van der Waals surface area contributed by atoms with Gasteiger partial charge >= 0.3 is 0 Å². The van der Waals surface area contributed by atoms with Crippen LogP contribution in [0, 0.1) is 13.8 Å². The van der Waals surface area contributed by atoms with E-state index in [4.69, 9.17) is 4.74 Å². The summed E-state index contributed by atoms with van der Waals surface area (Å²) in [6, 6.07) is 14.6. The highest BCUT2D eigenvalue weighted by atomic mass is 16.5. The standard InChI is InChI=1S/C24H32N4O/c1-19-15-22(20(2)28(19)23-10-6-7-11-24(23)29-5)18-27(14-13-26(3)4)17-21-9-8-12-25-16-21/h6-12,15-16H,13-14,17-18H2,1-5H3. The average molecular weight is 393 g/mol. The summed E-state index contributed by atoms with van der Waals surface area (Å²) in [5, 5.41) is 0. The highest BCUT2D eigenvalue weighted by Crippen LogP contribution is 2.28. The Morgan fingerprint density at radius 2 is 1.79 bits per heavy atom. The number of pyridine rings is 1. The molecule has 0 unspecified atom stereocenters. The van der Waals surface area contributed by atoms with Crippen LogP contribution in [0.4, 0.5) is 0 Å². The van der Waals surface area contributed by atoms with Gasteiger partial charge in [-0.1, -0.05) is 18.2 Å². The summed E-state index contributed by atoms with van der Waals surface area (Å²) in [7, 11) is 5.97. The topological polar surface area (TPSA) is 33.5 Å². The third-order valence-corrected chi connectivity index (χ3v) is 5.25. The van der Waals surface area contributed by atoms with Crippen molar-refractivity contribution < 1.29 is 4.74 Å². The van der Waals surface area contributed by atoms with Crippen LogP contribution in [0.5, 0.6) is 5.75 Å². The van der Waals surface area contributed by atoms with Gasteiger partial charge in [-0.2, -0.15) is 0 Å². The van der Waals surface area contributed by atoms with Crippen LogP contribution in [0.1, 0.15) is 22.5 Å². The normalized spacial score (nSPS) is 11.4. The first kappa shape index (κ1) is 21.1. The van der Waals surface area contributed by atoms with Crippen LogP contribution in [0.3, 0.4) is 0 Å². The van der Waals surface area contributed by atoms with Gasteiger partial charge in [0.25, 0.3) is 0 Å². The molecule has 0 aliphatic carbocycles. The van der Waals surface area contributed by atoms with Crippen LogP contribution in [-0.4, -0.2) is 53.6 Å². The summed E-state index contributed by atoms with van der Waals surface area (Å²) in [6.45, 7) is 8.17. The molecular formula is C24H32N4O. The zero-order chi connectivity index (χ0) is 20.8. The van der Waals surface area contributed by atoms with Gasteiger partial charge in [0.2, 0.25) is 0 Å². The first-order valence-corrected chi connectivity index (χ1v) is 10.1. The molecule has 0 atom stereocenters. The Kier molecular flexibility index (Phi) is 7.07. The number of aromatic nitrogens is 2. The largest absolute Gasteiger partial charge is 0.495 e. The number of rotatable bonds is 9. The van der Waals surface area contributed by atoms with E-state index in [1.165, 1.54) is 22.5 Å². The number of hydrogen-bond donors (Lipinski definition) is 0. The summed E-state index contributed by atoms with van der Waals surface area (Å²) in [4.78, 5) is 9.00. The predicted octanol–water partition coefficient (Wildman–Crippen LogP) is 4.06. The van der Waals surface area contributed by atoms with E-state index in [2.05, 4.69) is 71.6 Å². The summed E-state index contributed by atoms with van der Waals surface area (Å²) in [5.74, 6) is 0.890. The lowest BCUT2D eigenvalue weighted by molar-refractivity contribution is 0.225. The van der Waals surface area contributed by atoms with E-state index in [-0.39, 0.29) is 0 Å². The second kappa shape index (κ2) is 9.72. The third kappa shape index (κ3) is 5.25. The van der Waals surface area contributed by atoms with Gasteiger partial charge in [0, 0.05) is 50.0 Å². The van der Waals surface area contributed by atoms with Crippen molar-refractivity contribution in [3.8, 4) is 11.4 Å². The monoisotopic (exact) mass is 392 g/mol. The minimum Gasteiger partial charge on any atom is -0.495 e. The third-order valence-electron chi connectivity index (χ3n) is 5.25. The summed E-state index contributed by atoms with van der Waals surface area (Å²) in [5.41, 5.74) is 6.15. The second-order valence-electron chi connectivity index (χ2n) is 7.78. The van der Waals surface area contributed by atoms with Gasteiger partial charge in [-0.15, -0.1) is 0 Å². The first-order valence-electron chi connectivity index (χ1n) is 10.1. The number of nitrogens with zero attached hydrogens (tertiary/aromatic N) is 4. The van der Waals surface area contributed by atoms with E-state index in [0.29, 0.717) is 0 Å². The van der Waals surface area contributed by atoms with Crippen molar-refractivity contribution in [2.45, 2.75) is 26.9 Å². The van der Waals surface area contributed by atoms with Crippen LogP contribution >= 0.6 is 0 Å². The SMILES string of the molecule is COc1ccccc1-n1c(C)cc(CN(CCN(C)C)Cc2cccnc2)c1C. The van der Waals surface area contributed by atoms with Crippen molar-refractivity contribution in [2.75, 3.05) is 34.3 Å². The molecule has 154 valence electrons. The van der Waals surface area contributed by atoms with Gasteiger partial charge in [-0.05, 0) is 63.3 Å². The molecule has 3 rings (SSSR count). The van der Waals surface area contributed by atoms with Crippen LogP contribution in [0.15, 0.2) is 54.9 Å². The van der Waals surface area contributed by atoms with Crippen molar-refractivity contribution >= 4 is 0 Å². The quantitative estimate of drug-likeness (QED) is 0.550. The maximum absolute atomic E-state index is 5.60. The highest BCUT2D eigenvalue weighted by molar-refractivity contribution is 5.50. The van der Waals surface area contributed by atoms with E-state index in [1.807, 2.05) is 30.6 Å². The van der Waals surface area contributed by atoms with E-state index < -0.39 is 0 Å². The molecule has 2 heterocycles. The molecule has 0 saturated heterocycles. The Morgan fingerprint density at radius 3 is 2.48 bits per heavy atom. The molecule has 0 fully saturated rings. The molecule has 5 heteroatoms. The molecule has 0 bridgehead atoms. The fraction of sp³-hybridized carbons (Fsp3) is 0.375. The molecule has 3 aromatic rings. The number of hydrogen-bond acceptors (Lipinski definition) is 4. The van der Waals surface area contributed by atoms with Crippen LogP contribution in [0.2, 0.25) is 0 Å². The van der Waals surface area contributed by atoms with E-state index in [0.717, 1.165) is 37.6 Å². The summed E-state index contributed by atoms with van der Waals surface area (Å²) >= 11 is 0. The fourth-order valence-electron chi connectivity index (χ4n) is 3.72. The van der Waals surface area contributed by atoms with Gasteiger partial charge in [0.15, 0.2) is 0 Å². The molecular weight excluding hydrogens is 360 g/mol. The molecule has 2 aromatic heterocycles. The number of aryl methyl sites for hydroxylation is 1. The maximum Gasteiger partial charge on any atom is 0.142 e. The van der Waals surface area contributed by atoms with Gasteiger partial charge in [0.05, 0.1) is 12.8 Å². The van der Waals surface area contributed by atoms with Crippen molar-refractivity contribution in [3.05, 3.63) is 77.4 Å². The molecule has 0 N–H and O–H groups in total. The van der Waals surface area contributed by atoms with E-state index in [9.17, 15) is 0 Å². The minimum absolute atomic E-state index is 0.889. The summed E-state index contributed by atoms with van der Waals surface area (Å²) in [6.07, 6.45) is 3.79. The van der Waals surface area contributed by atoms with Gasteiger partial charge in [0.1, 0.15) is 5.75 Å². The Bertz CT molecular complexity index is 918. The number of para-hydroxylation sites is 2. The first-order chi connectivity index (χ1) is 14.0. The zero-order valence-electron chi connectivity index (χ0n) is 18.2. The van der Waals surface area contributed by atoms with Crippen LogP contribution in [-0.2, 0) is 13.1 Å². The molecule has 0 amide bonds.